The number of anilines is 1. The number of para-hydroxylation sites is 1. The van der Waals surface area contributed by atoms with Crippen LogP contribution in [-0.4, -0.2) is 18.6 Å². The molecule has 0 bridgehead atoms. The Morgan fingerprint density at radius 2 is 2.07 bits per heavy atom. The molecule has 76 valence electrons. The van der Waals surface area contributed by atoms with E-state index in [1.807, 2.05) is 37.3 Å². The summed E-state index contributed by atoms with van der Waals surface area (Å²) in [5, 5.41) is 5.77. The Morgan fingerprint density at radius 3 is 2.64 bits per heavy atom. The van der Waals surface area contributed by atoms with Crippen LogP contribution >= 0.6 is 0 Å². The van der Waals surface area contributed by atoms with Crippen molar-refractivity contribution in [3.8, 4) is 0 Å². The summed E-state index contributed by atoms with van der Waals surface area (Å²) >= 11 is 0. The summed E-state index contributed by atoms with van der Waals surface area (Å²) in [5.74, 6) is 0. The van der Waals surface area contributed by atoms with Gasteiger partial charge in [-0.1, -0.05) is 18.2 Å². The molecule has 4 heteroatoms. The van der Waals surface area contributed by atoms with E-state index in [9.17, 15) is 4.79 Å². The molecule has 0 aliphatic carbocycles. The SMILES string of the molecule is CC(CNC(N)=O)Nc1ccccc1. The second-order valence-electron chi connectivity index (χ2n) is 3.16. The first-order valence-corrected chi connectivity index (χ1v) is 4.53. The third-order valence-corrected chi connectivity index (χ3v) is 1.77. The molecule has 0 heterocycles. The Hall–Kier alpha value is -1.71. The summed E-state index contributed by atoms with van der Waals surface area (Å²) in [6.07, 6.45) is 0. The second kappa shape index (κ2) is 5.11. The molecular formula is C10H15N3O. The smallest absolute Gasteiger partial charge is 0.312 e. The van der Waals surface area contributed by atoms with Crippen molar-refractivity contribution in [1.82, 2.24) is 5.32 Å². The number of nitrogens with two attached hydrogens (primary N) is 1. The largest absolute Gasteiger partial charge is 0.381 e. The predicted molar refractivity (Wildman–Crippen MR) is 57.1 cm³/mol. The van der Waals surface area contributed by atoms with Crippen LogP contribution in [-0.2, 0) is 0 Å². The van der Waals surface area contributed by atoms with Gasteiger partial charge in [0, 0.05) is 18.3 Å². The summed E-state index contributed by atoms with van der Waals surface area (Å²) in [4.78, 5) is 10.4. The molecular weight excluding hydrogens is 178 g/mol. The van der Waals surface area contributed by atoms with Gasteiger partial charge in [-0.2, -0.15) is 0 Å². The summed E-state index contributed by atoms with van der Waals surface area (Å²) in [7, 11) is 0. The highest BCUT2D eigenvalue weighted by Gasteiger charge is 2.01. The number of amides is 2. The number of rotatable bonds is 4. The second-order valence-corrected chi connectivity index (χ2v) is 3.16. The number of primary amides is 1. The third kappa shape index (κ3) is 3.80. The van der Waals surface area contributed by atoms with Crippen molar-refractivity contribution < 1.29 is 4.79 Å². The van der Waals surface area contributed by atoms with Gasteiger partial charge in [-0.25, -0.2) is 4.79 Å². The minimum Gasteiger partial charge on any atom is -0.381 e. The van der Waals surface area contributed by atoms with Crippen LogP contribution in [0, 0.1) is 0 Å². The van der Waals surface area contributed by atoms with Crippen LogP contribution in [0.5, 0.6) is 0 Å². The molecule has 0 aromatic heterocycles. The van der Waals surface area contributed by atoms with Crippen LogP contribution in [0.3, 0.4) is 0 Å². The molecule has 0 saturated heterocycles. The van der Waals surface area contributed by atoms with E-state index in [0.29, 0.717) is 6.54 Å². The van der Waals surface area contributed by atoms with Crippen molar-refractivity contribution in [3.63, 3.8) is 0 Å². The fourth-order valence-corrected chi connectivity index (χ4v) is 1.12. The zero-order chi connectivity index (χ0) is 10.4. The van der Waals surface area contributed by atoms with Crippen LogP contribution < -0.4 is 16.4 Å². The average Bonchev–Trinajstić information content (AvgIpc) is 2.16. The van der Waals surface area contributed by atoms with Crippen LogP contribution in [0.2, 0.25) is 0 Å². The summed E-state index contributed by atoms with van der Waals surface area (Å²) in [5.41, 5.74) is 5.99. The first-order valence-electron chi connectivity index (χ1n) is 4.53. The molecule has 0 aliphatic rings. The van der Waals surface area contributed by atoms with Gasteiger partial charge >= 0.3 is 6.03 Å². The molecule has 4 N–H and O–H groups in total. The Kier molecular flexibility index (Phi) is 3.79. The molecule has 1 atom stereocenters. The Bertz CT molecular complexity index is 287. The van der Waals surface area contributed by atoms with Crippen LogP contribution in [0.1, 0.15) is 6.92 Å². The van der Waals surface area contributed by atoms with Crippen LogP contribution in [0.25, 0.3) is 0 Å². The fourth-order valence-electron chi connectivity index (χ4n) is 1.12. The third-order valence-electron chi connectivity index (χ3n) is 1.77. The summed E-state index contributed by atoms with van der Waals surface area (Å²) in [6.45, 7) is 2.49. The lowest BCUT2D eigenvalue weighted by molar-refractivity contribution is 0.248. The Balaban J connectivity index is 2.34. The Labute approximate surface area is 83.5 Å². The van der Waals surface area contributed by atoms with Crippen molar-refractivity contribution >= 4 is 11.7 Å². The minimum absolute atomic E-state index is 0.157. The maximum atomic E-state index is 10.4. The van der Waals surface area contributed by atoms with Crippen molar-refractivity contribution in [3.05, 3.63) is 30.3 Å². The van der Waals surface area contributed by atoms with E-state index in [4.69, 9.17) is 5.73 Å². The van der Waals surface area contributed by atoms with Crippen molar-refractivity contribution in [2.75, 3.05) is 11.9 Å². The zero-order valence-electron chi connectivity index (χ0n) is 8.16. The number of hydrogen-bond acceptors (Lipinski definition) is 2. The maximum absolute atomic E-state index is 10.4. The van der Waals surface area contributed by atoms with Crippen LogP contribution in [0.15, 0.2) is 30.3 Å². The molecule has 4 nitrogen and oxygen atoms in total. The van der Waals surface area contributed by atoms with Crippen LogP contribution in [0.4, 0.5) is 10.5 Å². The summed E-state index contributed by atoms with van der Waals surface area (Å²) in [6, 6.07) is 9.48. The molecule has 1 unspecified atom stereocenters. The molecule has 2 amide bonds. The molecule has 0 aliphatic heterocycles. The number of nitrogens with one attached hydrogen (secondary N) is 2. The van der Waals surface area contributed by atoms with E-state index < -0.39 is 6.03 Å². The lowest BCUT2D eigenvalue weighted by Crippen LogP contribution is -2.37. The van der Waals surface area contributed by atoms with Crippen molar-refractivity contribution in [2.45, 2.75) is 13.0 Å². The first-order chi connectivity index (χ1) is 6.68. The normalized spacial score (nSPS) is 11.8. The van der Waals surface area contributed by atoms with E-state index in [1.165, 1.54) is 0 Å². The minimum atomic E-state index is -0.494. The van der Waals surface area contributed by atoms with Gasteiger partial charge < -0.3 is 16.4 Å². The van der Waals surface area contributed by atoms with E-state index in [0.717, 1.165) is 5.69 Å². The topological polar surface area (TPSA) is 67.1 Å². The molecule has 1 aromatic rings. The zero-order valence-corrected chi connectivity index (χ0v) is 8.16. The average molecular weight is 193 g/mol. The molecule has 14 heavy (non-hydrogen) atoms. The van der Waals surface area contributed by atoms with Crippen molar-refractivity contribution in [1.29, 1.82) is 0 Å². The maximum Gasteiger partial charge on any atom is 0.312 e. The molecule has 1 rings (SSSR count). The van der Waals surface area contributed by atoms with E-state index in [-0.39, 0.29) is 6.04 Å². The van der Waals surface area contributed by atoms with E-state index in [1.54, 1.807) is 0 Å². The number of carbonyl (C=O) groups excluding carboxylic acids is 1. The van der Waals surface area contributed by atoms with Gasteiger partial charge in [0.25, 0.3) is 0 Å². The predicted octanol–water partition coefficient (Wildman–Crippen LogP) is 1.16. The van der Waals surface area contributed by atoms with Crippen molar-refractivity contribution in [2.24, 2.45) is 5.73 Å². The fraction of sp³-hybridized carbons (Fsp3) is 0.300. The number of hydrogen-bond donors (Lipinski definition) is 3. The van der Waals surface area contributed by atoms with E-state index >= 15 is 0 Å². The molecule has 0 spiro atoms. The van der Waals surface area contributed by atoms with Gasteiger partial charge in [-0.05, 0) is 19.1 Å². The first kappa shape index (κ1) is 10.4. The van der Waals surface area contributed by atoms with Gasteiger partial charge in [0.15, 0.2) is 0 Å². The monoisotopic (exact) mass is 193 g/mol. The highest BCUT2D eigenvalue weighted by atomic mass is 16.2. The lowest BCUT2D eigenvalue weighted by Gasteiger charge is -2.14. The number of urea groups is 1. The van der Waals surface area contributed by atoms with Gasteiger partial charge in [0.05, 0.1) is 0 Å². The van der Waals surface area contributed by atoms with Gasteiger partial charge in [0.2, 0.25) is 0 Å². The molecule has 1 aromatic carbocycles. The standard InChI is InChI=1S/C10H15N3O/c1-8(7-12-10(11)14)13-9-5-3-2-4-6-9/h2-6,8,13H,7H2,1H3,(H3,11,12,14). The molecule has 0 fully saturated rings. The quantitative estimate of drug-likeness (QED) is 0.671. The van der Waals surface area contributed by atoms with Gasteiger partial charge in [-0.3, -0.25) is 0 Å². The number of benzene rings is 1. The van der Waals surface area contributed by atoms with Gasteiger partial charge in [-0.15, -0.1) is 0 Å². The molecule has 0 radical (unpaired) electrons. The number of carbonyl (C=O) groups is 1. The van der Waals surface area contributed by atoms with E-state index in [2.05, 4.69) is 10.6 Å². The Morgan fingerprint density at radius 1 is 1.43 bits per heavy atom. The highest BCUT2D eigenvalue weighted by molar-refractivity contribution is 5.71. The van der Waals surface area contributed by atoms with Gasteiger partial charge in [0.1, 0.15) is 0 Å². The lowest BCUT2D eigenvalue weighted by atomic mass is 10.2. The molecule has 0 saturated carbocycles. The highest BCUT2D eigenvalue weighted by Crippen LogP contribution is 2.06. The summed E-state index contributed by atoms with van der Waals surface area (Å²) < 4.78 is 0.